The summed E-state index contributed by atoms with van der Waals surface area (Å²) in [5.41, 5.74) is 2.00. The molecule has 1 amide bonds. The number of rotatable bonds is 9. The number of carbonyl (C=O) groups excluding carboxylic acids is 1. The molecule has 0 fully saturated rings. The third kappa shape index (κ3) is 7.10. The van der Waals surface area contributed by atoms with Gasteiger partial charge in [-0.3, -0.25) is 4.79 Å². The minimum atomic E-state index is -4.37. The van der Waals surface area contributed by atoms with Gasteiger partial charge < -0.3 is 10.6 Å². The number of hydrogen-bond acceptors (Lipinski definition) is 4. The molecule has 31 heavy (non-hydrogen) atoms. The van der Waals surface area contributed by atoms with Gasteiger partial charge in [-0.2, -0.15) is 13.2 Å². The van der Waals surface area contributed by atoms with E-state index in [2.05, 4.69) is 34.7 Å². The molecule has 0 spiro atoms. The van der Waals surface area contributed by atoms with Crippen molar-refractivity contribution in [2.75, 3.05) is 17.2 Å². The van der Waals surface area contributed by atoms with Gasteiger partial charge in [0.2, 0.25) is 5.91 Å². The summed E-state index contributed by atoms with van der Waals surface area (Å²) in [7, 11) is 0. The summed E-state index contributed by atoms with van der Waals surface area (Å²) in [6.07, 6.45) is 0.871. The summed E-state index contributed by atoms with van der Waals surface area (Å²) in [4.78, 5) is 17.1. The van der Waals surface area contributed by atoms with Crippen molar-refractivity contribution in [3.63, 3.8) is 0 Å². The van der Waals surface area contributed by atoms with Gasteiger partial charge in [-0.05, 0) is 42.2 Å². The maximum atomic E-state index is 12.9. The Hall–Kier alpha value is -2.87. The molecule has 3 rings (SSSR count). The first-order valence-corrected chi connectivity index (χ1v) is 10.9. The summed E-state index contributed by atoms with van der Waals surface area (Å²) in [5, 5.41) is 6.21. The van der Waals surface area contributed by atoms with E-state index in [-0.39, 0.29) is 12.5 Å². The normalized spacial score (nSPS) is 11.4. The number of benzene rings is 2. The van der Waals surface area contributed by atoms with Crippen LogP contribution in [0.25, 0.3) is 0 Å². The van der Waals surface area contributed by atoms with Gasteiger partial charge in [0.15, 0.2) is 5.13 Å². The van der Waals surface area contributed by atoms with Crippen molar-refractivity contribution >= 4 is 28.1 Å². The minimum Gasteiger partial charge on any atom is -0.376 e. The van der Waals surface area contributed by atoms with Crippen LogP contribution in [-0.2, 0) is 23.8 Å². The van der Waals surface area contributed by atoms with E-state index in [1.165, 1.54) is 23.0 Å². The second kappa shape index (κ2) is 10.4. The predicted molar refractivity (Wildman–Crippen MR) is 119 cm³/mol. The molecule has 0 bridgehead atoms. The molecule has 4 nitrogen and oxygen atoms in total. The van der Waals surface area contributed by atoms with Crippen molar-refractivity contribution in [1.82, 2.24) is 4.98 Å². The van der Waals surface area contributed by atoms with Crippen molar-refractivity contribution in [1.29, 1.82) is 0 Å². The molecule has 164 valence electrons. The highest BCUT2D eigenvalue weighted by molar-refractivity contribution is 7.15. The number of halogens is 3. The Bertz CT molecular complexity index is 1000. The van der Waals surface area contributed by atoms with Crippen LogP contribution in [-0.4, -0.2) is 17.4 Å². The van der Waals surface area contributed by atoms with Gasteiger partial charge in [0.05, 0.1) is 12.1 Å². The van der Waals surface area contributed by atoms with Crippen LogP contribution >= 0.6 is 11.3 Å². The Morgan fingerprint density at radius 2 is 1.87 bits per heavy atom. The van der Waals surface area contributed by atoms with E-state index in [0.29, 0.717) is 17.1 Å². The lowest BCUT2D eigenvalue weighted by Gasteiger charge is -2.08. The zero-order chi connectivity index (χ0) is 22.3. The molecular formula is C23H24F3N3OS. The van der Waals surface area contributed by atoms with Crippen molar-refractivity contribution in [2.24, 2.45) is 0 Å². The van der Waals surface area contributed by atoms with Crippen molar-refractivity contribution in [2.45, 2.75) is 38.8 Å². The van der Waals surface area contributed by atoms with Gasteiger partial charge in [-0.1, -0.05) is 43.7 Å². The van der Waals surface area contributed by atoms with Crippen LogP contribution in [0, 0.1) is 0 Å². The summed E-state index contributed by atoms with van der Waals surface area (Å²) >= 11 is 1.25. The summed E-state index contributed by atoms with van der Waals surface area (Å²) in [6, 6.07) is 13.2. The van der Waals surface area contributed by atoms with Crippen molar-refractivity contribution in [3.05, 3.63) is 76.3 Å². The molecule has 0 aliphatic carbocycles. The lowest BCUT2D eigenvalue weighted by molar-refractivity contribution is -0.137. The van der Waals surface area contributed by atoms with Crippen LogP contribution in [0.3, 0.4) is 0 Å². The smallest absolute Gasteiger partial charge is 0.376 e. The van der Waals surface area contributed by atoms with Gasteiger partial charge >= 0.3 is 6.18 Å². The molecular weight excluding hydrogens is 423 g/mol. The lowest BCUT2D eigenvalue weighted by atomic mass is 10.1. The third-order valence-corrected chi connectivity index (χ3v) is 5.57. The molecule has 0 aliphatic rings. The SMILES string of the molecule is CCCCc1ccc(NCC(=O)Nc2ncc(Cc3cccc(C(F)(F)F)c3)s2)cc1. The molecule has 2 aromatic carbocycles. The zero-order valence-electron chi connectivity index (χ0n) is 17.1. The fourth-order valence-electron chi connectivity index (χ4n) is 3.02. The quantitative estimate of drug-likeness (QED) is 0.414. The molecule has 0 aliphatic heterocycles. The van der Waals surface area contributed by atoms with Crippen LogP contribution in [0.15, 0.2) is 54.7 Å². The fraction of sp³-hybridized carbons (Fsp3) is 0.304. The number of carbonyl (C=O) groups is 1. The Morgan fingerprint density at radius 3 is 2.58 bits per heavy atom. The average Bonchev–Trinajstić information content (AvgIpc) is 3.17. The number of aromatic nitrogens is 1. The highest BCUT2D eigenvalue weighted by Crippen LogP contribution is 2.30. The molecule has 0 saturated carbocycles. The Labute approximate surface area is 183 Å². The number of aryl methyl sites for hydroxylation is 1. The number of hydrogen-bond donors (Lipinski definition) is 2. The van der Waals surface area contributed by atoms with Crippen LogP contribution in [0.2, 0.25) is 0 Å². The van der Waals surface area contributed by atoms with Gasteiger partial charge in [0.25, 0.3) is 0 Å². The fourth-order valence-corrected chi connectivity index (χ4v) is 3.88. The van der Waals surface area contributed by atoms with Crippen LogP contribution in [0.1, 0.15) is 41.3 Å². The zero-order valence-corrected chi connectivity index (χ0v) is 17.9. The van der Waals surface area contributed by atoms with Crippen LogP contribution in [0.4, 0.5) is 24.0 Å². The number of alkyl halides is 3. The Balaban J connectivity index is 1.50. The number of anilines is 2. The van der Waals surface area contributed by atoms with E-state index in [9.17, 15) is 18.0 Å². The number of amides is 1. The first-order chi connectivity index (χ1) is 14.8. The molecule has 1 heterocycles. The topological polar surface area (TPSA) is 54.0 Å². The summed E-state index contributed by atoms with van der Waals surface area (Å²) in [6.45, 7) is 2.25. The number of nitrogens with one attached hydrogen (secondary N) is 2. The molecule has 1 aromatic heterocycles. The minimum absolute atomic E-state index is 0.0941. The number of nitrogens with zero attached hydrogens (tertiary/aromatic N) is 1. The van der Waals surface area contributed by atoms with E-state index >= 15 is 0 Å². The molecule has 8 heteroatoms. The van der Waals surface area contributed by atoms with Gasteiger partial charge in [-0.15, -0.1) is 11.3 Å². The monoisotopic (exact) mass is 447 g/mol. The maximum absolute atomic E-state index is 12.9. The summed E-state index contributed by atoms with van der Waals surface area (Å²) in [5.74, 6) is -0.241. The highest BCUT2D eigenvalue weighted by atomic mass is 32.1. The lowest BCUT2D eigenvalue weighted by Crippen LogP contribution is -2.21. The van der Waals surface area contributed by atoms with Gasteiger partial charge in [0.1, 0.15) is 0 Å². The summed E-state index contributed by atoms with van der Waals surface area (Å²) < 4.78 is 38.6. The van der Waals surface area contributed by atoms with E-state index in [1.807, 2.05) is 12.1 Å². The van der Waals surface area contributed by atoms with Gasteiger partial charge in [0, 0.05) is 23.2 Å². The van der Waals surface area contributed by atoms with E-state index in [4.69, 9.17) is 0 Å². The molecule has 3 aromatic rings. The van der Waals surface area contributed by atoms with Crippen molar-refractivity contribution < 1.29 is 18.0 Å². The molecule has 0 unspecified atom stereocenters. The Kier molecular flexibility index (Phi) is 7.68. The third-order valence-electron chi connectivity index (χ3n) is 4.66. The molecule has 0 atom stereocenters. The Morgan fingerprint density at radius 1 is 1.10 bits per heavy atom. The maximum Gasteiger partial charge on any atom is 0.416 e. The second-order valence-corrected chi connectivity index (χ2v) is 8.32. The van der Waals surface area contributed by atoms with Crippen molar-refractivity contribution in [3.8, 4) is 0 Å². The standard InChI is InChI=1S/C23H24F3N3OS/c1-2-3-5-16-8-10-19(11-9-16)27-15-21(30)29-22-28-14-20(31-22)13-17-6-4-7-18(12-17)23(24,25)26/h4,6-12,14,27H,2-3,5,13,15H2,1H3,(H,28,29,30). The van der Waals surface area contributed by atoms with Crippen LogP contribution < -0.4 is 10.6 Å². The van der Waals surface area contributed by atoms with E-state index < -0.39 is 11.7 Å². The first kappa shape index (κ1) is 22.8. The molecule has 0 saturated heterocycles. The van der Waals surface area contributed by atoms with Gasteiger partial charge in [-0.25, -0.2) is 4.98 Å². The van der Waals surface area contributed by atoms with Crippen LogP contribution in [0.5, 0.6) is 0 Å². The highest BCUT2D eigenvalue weighted by Gasteiger charge is 2.30. The first-order valence-electron chi connectivity index (χ1n) is 10.1. The molecule has 0 radical (unpaired) electrons. The average molecular weight is 448 g/mol. The molecule has 2 N–H and O–H groups in total. The van der Waals surface area contributed by atoms with E-state index in [0.717, 1.165) is 42.0 Å². The number of unbranched alkanes of at least 4 members (excludes halogenated alkanes) is 1. The number of thiazole rings is 1. The van der Waals surface area contributed by atoms with E-state index in [1.54, 1.807) is 12.3 Å². The largest absolute Gasteiger partial charge is 0.416 e. The predicted octanol–water partition coefficient (Wildman–Crippen LogP) is 6.15. The second-order valence-electron chi connectivity index (χ2n) is 7.21.